The Morgan fingerprint density at radius 3 is 2.50 bits per heavy atom. The summed E-state index contributed by atoms with van der Waals surface area (Å²) in [4.78, 5) is 10.3. The van der Waals surface area contributed by atoms with Gasteiger partial charge in [-0.05, 0) is 53.6 Å². The molecule has 1 N–H and O–H groups in total. The number of aliphatic carboxylic acids is 1. The molecule has 1 heterocycles. The molecule has 0 saturated carbocycles. The Kier molecular flexibility index (Phi) is 6.76. The molecule has 3 aromatic rings. The van der Waals surface area contributed by atoms with Gasteiger partial charge in [-0.15, -0.1) is 0 Å². The average Bonchev–Trinajstić information content (AvgIpc) is 2.83. The van der Waals surface area contributed by atoms with Crippen molar-refractivity contribution in [3.8, 4) is 11.1 Å². The van der Waals surface area contributed by atoms with Crippen molar-refractivity contribution in [1.29, 1.82) is 0 Å². The maximum atomic E-state index is 14.4. The van der Waals surface area contributed by atoms with Gasteiger partial charge in [-0.2, -0.15) is 13.2 Å². The molecule has 1 atom stereocenters. The van der Waals surface area contributed by atoms with E-state index in [-0.39, 0.29) is 23.2 Å². The number of benzene rings is 3. The fraction of sp³-hybridized carbons (Fsp3) is 0.208. The first kappa shape index (κ1) is 25.6. The van der Waals surface area contributed by atoms with Crippen LogP contribution < -0.4 is 4.31 Å². The number of ether oxygens (including phenoxy) is 1. The summed E-state index contributed by atoms with van der Waals surface area (Å²) in [5.41, 5.74) is -0.773. The van der Waals surface area contributed by atoms with Gasteiger partial charge in [0.1, 0.15) is 18.2 Å². The number of rotatable bonds is 6. The molecular formula is C24H18F5NO5S. The molecule has 3 aromatic carbocycles. The Hall–Kier alpha value is -3.51. The van der Waals surface area contributed by atoms with Gasteiger partial charge in [-0.1, -0.05) is 18.2 Å². The maximum Gasteiger partial charge on any atom is 0.416 e. The van der Waals surface area contributed by atoms with Crippen LogP contribution in [0.4, 0.5) is 27.6 Å². The second-order valence-electron chi connectivity index (χ2n) is 8.06. The van der Waals surface area contributed by atoms with E-state index in [4.69, 9.17) is 9.84 Å². The van der Waals surface area contributed by atoms with Crippen LogP contribution in [-0.2, 0) is 32.2 Å². The summed E-state index contributed by atoms with van der Waals surface area (Å²) in [6.07, 6.45) is -5.63. The number of carbonyl (C=O) groups is 1. The summed E-state index contributed by atoms with van der Waals surface area (Å²) in [6, 6.07) is 10.1. The van der Waals surface area contributed by atoms with E-state index in [1.807, 2.05) is 0 Å². The minimum Gasteiger partial charge on any atom is -0.480 e. The Morgan fingerprint density at radius 1 is 1.06 bits per heavy atom. The van der Waals surface area contributed by atoms with Crippen LogP contribution in [-0.4, -0.2) is 38.7 Å². The highest BCUT2D eigenvalue weighted by atomic mass is 32.2. The summed E-state index contributed by atoms with van der Waals surface area (Å²) < 4.78 is 101. The van der Waals surface area contributed by atoms with Gasteiger partial charge in [-0.3, -0.25) is 4.31 Å². The highest BCUT2D eigenvalue weighted by Gasteiger charge is 2.37. The minimum atomic E-state index is -4.79. The third-order valence-corrected chi connectivity index (χ3v) is 7.38. The van der Waals surface area contributed by atoms with Crippen molar-refractivity contribution >= 4 is 21.7 Å². The number of hydrogen-bond acceptors (Lipinski definition) is 4. The molecule has 0 bridgehead atoms. The summed E-state index contributed by atoms with van der Waals surface area (Å²) in [5, 5.41) is 8.93. The van der Waals surface area contributed by atoms with E-state index in [0.717, 1.165) is 40.7 Å². The lowest BCUT2D eigenvalue weighted by Gasteiger charge is -2.35. The molecule has 0 amide bonds. The van der Waals surface area contributed by atoms with Crippen LogP contribution in [0, 0.1) is 11.6 Å². The number of hydrogen-bond donors (Lipinski definition) is 1. The largest absolute Gasteiger partial charge is 0.480 e. The fourth-order valence-electron chi connectivity index (χ4n) is 3.94. The van der Waals surface area contributed by atoms with Gasteiger partial charge >= 0.3 is 12.1 Å². The molecule has 0 radical (unpaired) electrons. The van der Waals surface area contributed by atoms with Gasteiger partial charge in [0.05, 0.1) is 28.8 Å². The Balaban J connectivity index is 1.83. The molecule has 1 aliphatic heterocycles. The summed E-state index contributed by atoms with van der Waals surface area (Å²) in [7, 11) is -4.61. The van der Waals surface area contributed by atoms with Crippen LogP contribution in [0.5, 0.6) is 0 Å². The molecule has 1 unspecified atom stereocenters. The van der Waals surface area contributed by atoms with E-state index < -0.39 is 63.5 Å². The zero-order valence-corrected chi connectivity index (χ0v) is 19.1. The fourth-order valence-corrected chi connectivity index (χ4v) is 5.51. The molecule has 0 saturated heterocycles. The van der Waals surface area contributed by atoms with Crippen molar-refractivity contribution in [2.24, 2.45) is 0 Å². The second-order valence-corrected chi connectivity index (χ2v) is 9.92. The van der Waals surface area contributed by atoms with Crippen molar-refractivity contribution in [2.45, 2.75) is 23.6 Å². The van der Waals surface area contributed by atoms with Gasteiger partial charge in [0.2, 0.25) is 0 Å². The van der Waals surface area contributed by atoms with E-state index in [1.54, 1.807) is 0 Å². The molecular weight excluding hydrogens is 509 g/mol. The first-order valence-corrected chi connectivity index (χ1v) is 11.9. The van der Waals surface area contributed by atoms with Crippen molar-refractivity contribution in [2.75, 3.05) is 17.5 Å². The first-order valence-electron chi connectivity index (χ1n) is 10.5. The lowest BCUT2D eigenvalue weighted by molar-refractivity contribution is -0.144. The van der Waals surface area contributed by atoms with E-state index >= 15 is 0 Å². The quantitative estimate of drug-likeness (QED) is 0.463. The Labute approximate surface area is 202 Å². The van der Waals surface area contributed by atoms with E-state index in [0.29, 0.717) is 11.6 Å². The van der Waals surface area contributed by atoms with Crippen molar-refractivity contribution in [1.82, 2.24) is 0 Å². The monoisotopic (exact) mass is 527 g/mol. The van der Waals surface area contributed by atoms with Crippen LogP contribution in [0.1, 0.15) is 11.1 Å². The number of halogens is 5. The van der Waals surface area contributed by atoms with Gasteiger partial charge < -0.3 is 9.84 Å². The van der Waals surface area contributed by atoms with Crippen molar-refractivity contribution < 1.29 is 45.0 Å². The molecule has 12 heteroatoms. The third kappa shape index (κ3) is 5.19. The van der Waals surface area contributed by atoms with Crippen LogP contribution in [0.3, 0.4) is 0 Å². The van der Waals surface area contributed by atoms with Gasteiger partial charge in [-0.25, -0.2) is 22.0 Å². The Morgan fingerprint density at radius 2 is 1.81 bits per heavy atom. The lowest BCUT2D eigenvalue weighted by Crippen LogP contribution is -2.44. The van der Waals surface area contributed by atoms with E-state index in [2.05, 4.69) is 0 Å². The zero-order chi connectivity index (χ0) is 26.3. The number of fused-ring (bicyclic) bond motifs is 1. The predicted octanol–water partition coefficient (Wildman–Crippen LogP) is 4.87. The molecule has 6 nitrogen and oxygen atoms in total. The second kappa shape index (κ2) is 9.51. The van der Waals surface area contributed by atoms with Crippen molar-refractivity contribution in [3.05, 3.63) is 83.4 Å². The molecule has 0 aromatic heterocycles. The minimum absolute atomic E-state index is 0.0312. The van der Waals surface area contributed by atoms with Crippen LogP contribution in [0.25, 0.3) is 11.1 Å². The van der Waals surface area contributed by atoms with Gasteiger partial charge in [0.15, 0.2) is 0 Å². The first-order chi connectivity index (χ1) is 16.9. The summed E-state index contributed by atoms with van der Waals surface area (Å²) >= 11 is 0. The smallest absolute Gasteiger partial charge is 0.416 e. The molecule has 0 fully saturated rings. The topological polar surface area (TPSA) is 83.9 Å². The number of anilines is 1. The molecule has 190 valence electrons. The number of carboxylic acid groups (broad SMARTS) is 1. The summed E-state index contributed by atoms with van der Waals surface area (Å²) in [5.74, 6) is -2.77. The maximum absolute atomic E-state index is 14.4. The number of alkyl halides is 3. The van der Waals surface area contributed by atoms with E-state index in [9.17, 15) is 35.2 Å². The zero-order valence-electron chi connectivity index (χ0n) is 18.3. The Bertz CT molecular complexity index is 1420. The van der Waals surface area contributed by atoms with Crippen LogP contribution >= 0.6 is 0 Å². The number of carboxylic acids is 1. The third-order valence-electron chi connectivity index (χ3n) is 5.60. The van der Waals surface area contributed by atoms with Crippen LogP contribution in [0.15, 0.2) is 65.6 Å². The average molecular weight is 527 g/mol. The van der Waals surface area contributed by atoms with Crippen molar-refractivity contribution in [3.63, 3.8) is 0 Å². The molecule has 1 aliphatic rings. The highest BCUT2D eigenvalue weighted by molar-refractivity contribution is 7.92. The lowest BCUT2D eigenvalue weighted by atomic mass is 9.96. The predicted molar refractivity (Wildman–Crippen MR) is 119 cm³/mol. The number of nitrogens with zero attached hydrogens (tertiary/aromatic N) is 1. The molecule has 0 spiro atoms. The van der Waals surface area contributed by atoms with Gasteiger partial charge in [0, 0.05) is 12.0 Å². The summed E-state index contributed by atoms with van der Waals surface area (Å²) in [6.45, 7) is -1.13. The highest BCUT2D eigenvalue weighted by Crippen LogP contribution is 2.38. The normalized spacial score (nSPS) is 16.0. The SMILES string of the molecule is O=C(O)COC1Cc2ccc(-c3cc(F)ccc3F)cc2N(S(=O)(=O)c2cccc(C(F)(F)F)c2)C1. The van der Waals surface area contributed by atoms with Crippen LogP contribution in [0.2, 0.25) is 0 Å². The number of sulfonamides is 1. The molecule has 36 heavy (non-hydrogen) atoms. The van der Waals surface area contributed by atoms with Gasteiger partial charge in [0.25, 0.3) is 10.0 Å². The molecule has 0 aliphatic carbocycles. The van der Waals surface area contributed by atoms with E-state index in [1.165, 1.54) is 18.2 Å². The standard InChI is InChI=1S/C24H18F5NO5S/c25-17-6-7-21(26)20(11-17)14-4-5-15-8-18(35-13-23(31)32)12-30(22(15)9-14)36(33,34)19-3-1-2-16(10-19)24(27,28)29/h1-7,9-11,18H,8,12-13H2,(H,31,32). The molecule has 4 rings (SSSR count).